The van der Waals surface area contributed by atoms with Gasteiger partial charge in [0.2, 0.25) is 5.91 Å². The maximum Gasteiger partial charge on any atom is 0.311 e. The normalized spacial score (nSPS) is 15.3. The van der Waals surface area contributed by atoms with Crippen LogP contribution in [0, 0.1) is 5.92 Å². The van der Waals surface area contributed by atoms with E-state index in [1.165, 1.54) is 0 Å². The maximum atomic E-state index is 12.4. The Balaban J connectivity index is 1.43. The minimum Gasteiger partial charge on any atom is -0.493 e. The zero-order valence-corrected chi connectivity index (χ0v) is 19.4. The van der Waals surface area contributed by atoms with Gasteiger partial charge < -0.3 is 24.4 Å². The highest BCUT2D eigenvalue weighted by Crippen LogP contribution is 2.28. The number of nitrogens with one attached hydrogen (secondary N) is 1. The minimum absolute atomic E-state index is 0.0754. The number of carbonyl (C=O) groups is 3. The first-order valence-electron chi connectivity index (χ1n) is 10.6. The quantitative estimate of drug-likeness (QED) is 0.532. The number of halogens is 1. The molecule has 1 aliphatic rings. The number of benzene rings is 2. The molecule has 2 amide bonds. The van der Waals surface area contributed by atoms with Crippen LogP contribution in [-0.4, -0.2) is 56.6 Å². The summed E-state index contributed by atoms with van der Waals surface area (Å²) in [6.07, 6.45) is 0.685. The van der Waals surface area contributed by atoms with E-state index in [0.717, 1.165) is 11.1 Å². The summed E-state index contributed by atoms with van der Waals surface area (Å²) in [5.74, 6) is -0.420. The number of amides is 2. The van der Waals surface area contributed by atoms with Gasteiger partial charge in [0.15, 0.2) is 18.1 Å². The molecule has 2 aromatic rings. The summed E-state index contributed by atoms with van der Waals surface area (Å²) in [4.78, 5) is 38.4. The van der Waals surface area contributed by atoms with E-state index in [2.05, 4.69) is 5.32 Å². The van der Waals surface area contributed by atoms with Gasteiger partial charge in [-0.25, -0.2) is 0 Å². The Bertz CT molecular complexity index is 1010. The fourth-order valence-electron chi connectivity index (χ4n) is 3.59. The number of hydrogen-bond acceptors (Lipinski definition) is 6. The molecule has 8 nitrogen and oxygen atoms in total. The molecule has 0 radical (unpaired) electrons. The molecule has 1 saturated heterocycles. The number of methoxy groups -OCH3 is 2. The molecular weight excluding hydrogens is 448 g/mol. The highest BCUT2D eigenvalue weighted by atomic mass is 35.5. The molecule has 9 heteroatoms. The first-order valence-corrected chi connectivity index (χ1v) is 10.9. The van der Waals surface area contributed by atoms with Crippen LogP contribution >= 0.6 is 11.6 Å². The lowest BCUT2D eigenvalue weighted by Crippen LogP contribution is -2.31. The monoisotopic (exact) mass is 474 g/mol. The predicted molar refractivity (Wildman–Crippen MR) is 122 cm³/mol. The Morgan fingerprint density at radius 1 is 1.12 bits per heavy atom. The number of likely N-dealkylation sites (tertiary alicyclic amines) is 1. The van der Waals surface area contributed by atoms with E-state index in [4.69, 9.17) is 25.8 Å². The second-order valence-corrected chi connectivity index (χ2v) is 8.06. The van der Waals surface area contributed by atoms with Gasteiger partial charge in [0.1, 0.15) is 0 Å². The molecule has 3 rings (SSSR count). The summed E-state index contributed by atoms with van der Waals surface area (Å²) >= 11 is 6.06. The van der Waals surface area contributed by atoms with Crippen molar-refractivity contribution in [2.75, 3.05) is 33.9 Å². The van der Waals surface area contributed by atoms with Gasteiger partial charge in [0.25, 0.3) is 5.91 Å². The Hall–Kier alpha value is -3.26. The second kappa shape index (κ2) is 11.6. The van der Waals surface area contributed by atoms with E-state index in [1.807, 2.05) is 24.3 Å². The van der Waals surface area contributed by atoms with Gasteiger partial charge in [-0.2, -0.15) is 0 Å². The highest BCUT2D eigenvalue weighted by Gasteiger charge is 2.35. The second-order valence-electron chi connectivity index (χ2n) is 7.66. The summed E-state index contributed by atoms with van der Waals surface area (Å²) in [6.45, 7) is 0.574. The average Bonchev–Trinajstić information content (AvgIpc) is 3.20. The van der Waals surface area contributed by atoms with Crippen molar-refractivity contribution in [2.45, 2.75) is 19.4 Å². The number of hydrogen-bond donors (Lipinski definition) is 1. The van der Waals surface area contributed by atoms with Crippen molar-refractivity contribution < 1.29 is 28.6 Å². The molecule has 0 aliphatic carbocycles. The smallest absolute Gasteiger partial charge is 0.311 e. The van der Waals surface area contributed by atoms with Gasteiger partial charge in [-0.1, -0.05) is 35.9 Å². The molecule has 1 heterocycles. The largest absolute Gasteiger partial charge is 0.493 e. The van der Waals surface area contributed by atoms with E-state index in [0.29, 0.717) is 29.5 Å². The molecule has 0 spiro atoms. The maximum absolute atomic E-state index is 12.4. The molecule has 1 aliphatic heterocycles. The molecule has 33 heavy (non-hydrogen) atoms. The van der Waals surface area contributed by atoms with Gasteiger partial charge >= 0.3 is 5.97 Å². The van der Waals surface area contributed by atoms with Gasteiger partial charge in [-0.15, -0.1) is 0 Å². The first-order chi connectivity index (χ1) is 15.9. The molecule has 176 valence electrons. The fraction of sp³-hybridized carbons (Fsp3) is 0.375. The summed E-state index contributed by atoms with van der Waals surface area (Å²) < 4.78 is 15.7. The van der Waals surface area contributed by atoms with Gasteiger partial charge in [-0.05, 0) is 35.7 Å². The molecule has 1 atom stereocenters. The van der Waals surface area contributed by atoms with E-state index in [1.54, 1.807) is 37.3 Å². The van der Waals surface area contributed by atoms with Crippen molar-refractivity contribution in [1.82, 2.24) is 10.2 Å². The molecule has 0 bridgehead atoms. The van der Waals surface area contributed by atoms with E-state index in [-0.39, 0.29) is 25.4 Å². The van der Waals surface area contributed by atoms with Crippen LogP contribution in [-0.2, 0) is 32.1 Å². The molecule has 1 N–H and O–H groups in total. The predicted octanol–water partition coefficient (Wildman–Crippen LogP) is 2.61. The van der Waals surface area contributed by atoms with Crippen molar-refractivity contribution in [1.29, 1.82) is 0 Å². The Morgan fingerprint density at radius 3 is 2.61 bits per heavy atom. The molecule has 0 aromatic heterocycles. The van der Waals surface area contributed by atoms with Crippen molar-refractivity contribution in [3.8, 4) is 11.5 Å². The topological polar surface area (TPSA) is 94.2 Å². The van der Waals surface area contributed by atoms with Crippen LogP contribution < -0.4 is 14.8 Å². The van der Waals surface area contributed by atoms with Crippen molar-refractivity contribution >= 4 is 29.4 Å². The molecule has 2 aromatic carbocycles. The molecular formula is C24H27ClN2O6. The molecule has 0 saturated carbocycles. The minimum atomic E-state index is -0.584. The standard InChI is InChI=1S/C24H27ClN2O6/c1-31-20-8-7-16(11-21(20)32-2)9-10-27-14-18(12-23(27)29)24(30)33-15-22(28)26-13-17-5-3-4-6-19(17)25/h3-8,11,18H,9-10,12-15H2,1-2H3,(H,26,28)/t18-/m0/s1. The van der Waals surface area contributed by atoms with Crippen LogP contribution in [0.25, 0.3) is 0 Å². The summed E-state index contributed by atoms with van der Waals surface area (Å²) in [5, 5.41) is 3.21. The Labute approximate surface area is 197 Å². The highest BCUT2D eigenvalue weighted by molar-refractivity contribution is 6.31. The van der Waals surface area contributed by atoms with Crippen LogP contribution in [0.15, 0.2) is 42.5 Å². The van der Waals surface area contributed by atoms with Gasteiger partial charge in [0.05, 0.1) is 20.1 Å². The van der Waals surface area contributed by atoms with Crippen molar-refractivity contribution in [2.24, 2.45) is 5.92 Å². The number of ether oxygens (including phenoxy) is 3. The van der Waals surface area contributed by atoms with Crippen LogP contribution in [0.3, 0.4) is 0 Å². The number of rotatable bonds is 10. The zero-order valence-electron chi connectivity index (χ0n) is 18.6. The molecule has 1 fully saturated rings. The fourth-order valence-corrected chi connectivity index (χ4v) is 3.79. The Morgan fingerprint density at radius 2 is 1.88 bits per heavy atom. The summed E-state index contributed by atoms with van der Waals surface area (Å²) in [6, 6.07) is 12.8. The SMILES string of the molecule is COc1ccc(CCN2C[C@@H](C(=O)OCC(=O)NCc3ccccc3Cl)CC2=O)cc1OC. The Kier molecular flexibility index (Phi) is 8.54. The lowest BCUT2D eigenvalue weighted by molar-refractivity contribution is -0.152. The van der Waals surface area contributed by atoms with Crippen LogP contribution in [0.1, 0.15) is 17.5 Å². The van der Waals surface area contributed by atoms with Crippen LogP contribution in [0.5, 0.6) is 11.5 Å². The van der Waals surface area contributed by atoms with Crippen molar-refractivity contribution in [3.05, 3.63) is 58.6 Å². The number of nitrogens with zero attached hydrogens (tertiary/aromatic N) is 1. The first kappa shape index (κ1) is 24.4. The van der Waals surface area contributed by atoms with Crippen LogP contribution in [0.2, 0.25) is 5.02 Å². The third kappa shape index (κ3) is 6.61. The van der Waals surface area contributed by atoms with E-state index in [9.17, 15) is 14.4 Å². The van der Waals surface area contributed by atoms with Crippen LogP contribution in [0.4, 0.5) is 0 Å². The number of esters is 1. The summed E-state index contributed by atoms with van der Waals surface area (Å²) in [7, 11) is 3.14. The third-order valence-corrected chi connectivity index (χ3v) is 5.81. The van der Waals surface area contributed by atoms with Gasteiger partial charge in [-0.3, -0.25) is 14.4 Å². The van der Waals surface area contributed by atoms with E-state index < -0.39 is 24.4 Å². The lowest BCUT2D eigenvalue weighted by Gasteiger charge is -2.17. The van der Waals surface area contributed by atoms with Crippen molar-refractivity contribution in [3.63, 3.8) is 0 Å². The third-order valence-electron chi connectivity index (χ3n) is 5.45. The average molecular weight is 475 g/mol. The van der Waals surface area contributed by atoms with E-state index >= 15 is 0 Å². The van der Waals surface area contributed by atoms with Gasteiger partial charge in [0, 0.05) is 31.1 Å². The zero-order chi connectivity index (χ0) is 23.8. The number of carbonyl (C=O) groups excluding carboxylic acids is 3. The summed E-state index contributed by atoms with van der Waals surface area (Å²) in [5.41, 5.74) is 1.76. The molecule has 0 unspecified atom stereocenters. The lowest BCUT2D eigenvalue weighted by atomic mass is 10.1.